The molecule has 33 heavy (non-hydrogen) atoms. The highest BCUT2D eigenvalue weighted by atomic mass is 16.5. The van der Waals surface area contributed by atoms with E-state index in [2.05, 4.69) is 21.9 Å². The zero-order valence-corrected chi connectivity index (χ0v) is 19.2. The first kappa shape index (κ1) is 22.7. The second kappa shape index (κ2) is 10.4. The lowest BCUT2D eigenvalue weighted by atomic mass is 10.1. The first-order valence-electron chi connectivity index (χ1n) is 11.3. The van der Waals surface area contributed by atoms with Crippen LogP contribution in [-0.4, -0.2) is 51.8 Å². The summed E-state index contributed by atoms with van der Waals surface area (Å²) in [7, 11) is 3.11. The maximum Gasteiger partial charge on any atom is 0.195 e. The van der Waals surface area contributed by atoms with Gasteiger partial charge in [-0.05, 0) is 50.1 Å². The van der Waals surface area contributed by atoms with E-state index in [4.69, 9.17) is 19.2 Å². The third kappa shape index (κ3) is 5.12. The maximum absolute atomic E-state index is 12.9. The largest absolute Gasteiger partial charge is 0.493 e. The van der Waals surface area contributed by atoms with Crippen LogP contribution in [0.3, 0.4) is 0 Å². The van der Waals surface area contributed by atoms with E-state index >= 15 is 0 Å². The normalized spacial score (nSPS) is 14.3. The van der Waals surface area contributed by atoms with Crippen LogP contribution in [0, 0.1) is 11.3 Å². The molecule has 4 rings (SSSR count). The van der Waals surface area contributed by atoms with Crippen LogP contribution >= 0.6 is 0 Å². The number of aryl methyl sites for hydroxylation is 1. The van der Waals surface area contributed by atoms with Crippen LogP contribution < -0.4 is 19.8 Å². The van der Waals surface area contributed by atoms with E-state index in [0.29, 0.717) is 40.0 Å². The first-order valence-corrected chi connectivity index (χ1v) is 11.3. The van der Waals surface area contributed by atoms with Crippen molar-refractivity contribution >= 4 is 16.7 Å². The number of hydrogen-bond acceptors (Lipinski definition) is 7. The summed E-state index contributed by atoms with van der Waals surface area (Å²) >= 11 is 0. The number of rotatable bonds is 8. The molecule has 0 unspecified atom stereocenters. The van der Waals surface area contributed by atoms with Crippen molar-refractivity contribution in [3.63, 3.8) is 0 Å². The summed E-state index contributed by atoms with van der Waals surface area (Å²) in [5.74, 6) is 1.06. The quantitative estimate of drug-likeness (QED) is 0.486. The molecule has 0 atom stereocenters. The number of nitriles is 1. The van der Waals surface area contributed by atoms with E-state index in [9.17, 15) is 4.79 Å². The molecule has 1 saturated heterocycles. The molecule has 2 heterocycles. The topological polar surface area (TPSA) is 78.9 Å². The predicted molar refractivity (Wildman–Crippen MR) is 128 cm³/mol. The van der Waals surface area contributed by atoms with Gasteiger partial charge >= 0.3 is 0 Å². The Morgan fingerprint density at radius 3 is 2.52 bits per heavy atom. The number of hydrogen-bond donors (Lipinski definition) is 0. The van der Waals surface area contributed by atoms with Crippen LogP contribution in [0.5, 0.6) is 11.5 Å². The van der Waals surface area contributed by atoms with Crippen molar-refractivity contribution < 1.29 is 13.9 Å². The minimum absolute atomic E-state index is 0.00887. The highest BCUT2D eigenvalue weighted by Gasteiger charge is 2.17. The fourth-order valence-corrected chi connectivity index (χ4v) is 4.32. The summed E-state index contributed by atoms with van der Waals surface area (Å²) in [4.78, 5) is 17.7. The molecule has 1 aromatic heterocycles. The molecule has 1 fully saturated rings. The van der Waals surface area contributed by atoms with Gasteiger partial charge < -0.3 is 18.8 Å². The molecule has 0 bridgehead atoms. The van der Waals surface area contributed by atoms with Gasteiger partial charge in [0.15, 0.2) is 16.9 Å². The van der Waals surface area contributed by atoms with Crippen molar-refractivity contribution in [2.75, 3.05) is 51.8 Å². The molecule has 0 aliphatic carbocycles. The van der Waals surface area contributed by atoms with E-state index in [1.165, 1.54) is 0 Å². The van der Waals surface area contributed by atoms with Gasteiger partial charge in [-0.15, -0.1) is 0 Å². The maximum atomic E-state index is 12.9. The average Bonchev–Trinajstić information content (AvgIpc) is 2.87. The molecule has 0 N–H and O–H groups in total. The molecule has 3 aromatic rings. The van der Waals surface area contributed by atoms with Gasteiger partial charge in [-0.3, -0.25) is 9.69 Å². The van der Waals surface area contributed by atoms with E-state index < -0.39 is 0 Å². The van der Waals surface area contributed by atoms with Gasteiger partial charge in [-0.1, -0.05) is 6.07 Å². The Kier molecular flexibility index (Phi) is 7.16. The van der Waals surface area contributed by atoms with Crippen molar-refractivity contribution in [2.45, 2.75) is 19.3 Å². The van der Waals surface area contributed by atoms with E-state index in [1.807, 2.05) is 18.2 Å². The number of piperazine rings is 1. The Morgan fingerprint density at radius 2 is 1.79 bits per heavy atom. The number of fused-ring (bicyclic) bond motifs is 1. The molecule has 0 spiro atoms. The Bertz CT molecular complexity index is 1210. The lowest BCUT2D eigenvalue weighted by Gasteiger charge is -2.36. The number of nitrogens with zero attached hydrogens (tertiary/aromatic N) is 3. The summed E-state index contributed by atoms with van der Waals surface area (Å²) in [5, 5.41) is 9.62. The molecular formula is C26H29N3O4. The zero-order chi connectivity index (χ0) is 23.2. The van der Waals surface area contributed by atoms with Crippen molar-refractivity contribution in [3.05, 3.63) is 64.0 Å². The second-order valence-electron chi connectivity index (χ2n) is 8.24. The number of unbranched alkanes of at least 4 members (excludes halogenated alkanes) is 1. The van der Waals surface area contributed by atoms with Gasteiger partial charge in [-0.2, -0.15) is 5.26 Å². The van der Waals surface area contributed by atoms with Gasteiger partial charge in [0.25, 0.3) is 0 Å². The number of methoxy groups -OCH3 is 2. The average molecular weight is 448 g/mol. The lowest BCUT2D eigenvalue weighted by Crippen LogP contribution is -2.46. The highest BCUT2D eigenvalue weighted by Crippen LogP contribution is 2.31. The Hall–Kier alpha value is -3.50. The fourth-order valence-electron chi connectivity index (χ4n) is 4.32. The van der Waals surface area contributed by atoms with E-state index in [-0.39, 0.29) is 5.43 Å². The van der Waals surface area contributed by atoms with Crippen molar-refractivity contribution in [1.29, 1.82) is 5.26 Å². The van der Waals surface area contributed by atoms with Crippen molar-refractivity contribution in [3.8, 4) is 17.6 Å². The fraction of sp³-hybridized carbons (Fsp3) is 0.385. The van der Waals surface area contributed by atoms with Gasteiger partial charge in [0, 0.05) is 43.5 Å². The molecule has 7 heteroatoms. The molecule has 1 aliphatic heterocycles. The number of anilines is 1. The smallest absolute Gasteiger partial charge is 0.195 e. The number of benzene rings is 2. The Morgan fingerprint density at radius 1 is 1.03 bits per heavy atom. The molecule has 0 amide bonds. The third-order valence-corrected chi connectivity index (χ3v) is 6.23. The molecule has 0 saturated carbocycles. The van der Waals surface area contributed by atoms with Gasteiger partial charge in [-0.25, -0.2) is 0 Å². The standard InChI is InChI=1S/C26H29N3O4/c1-31-24-15-22-23(16-25(24)32-2)33-18-20(26(22)30)7-3-4-9-28-10-12-29(13-11-28)21-8-5-6-19(14-21)17-27/h5-6,8,14-16,18H,3-4,7,9-13H2,1-2H3. The van der Waals surface area contributed by atoms with Crippen molar-refractivity contribution in [2.24, 2.45) is 0 Å². The minimum atomic E-state index is -0.00887. The molecule has 7 nitrogen and oxygen atoms in total. The van der Waals surface area contributed by atoms with Crippen molar-refractivity contribution in [1.82, 2.24) is 4.90 Å². The summed E-state index contributed by atoms with van der Waals surface area (Å²) in [6.07, 6.45) is 4.21. The lowest BCUT2D eigenvalue weighted by molar-refractivity contribution is 0.253. The van der Waals surface area contributed by atoms with E-state index in [0.717, 1.165) is 51.3 Å². The summed E-state index contributed by atoms with van der Waals surface area (Å²) < 4.78 is 16.3. The molecule has 2 aromatic carbocycles. The van der Waals surface area contributed by atoms with E-state index in [1.54, 1.807) is 32.6 Å². The molecule has 0 radical (unpaired) electrons. The van der Waals surface area contributed by atoms with Crippen LogP contribution in [-0.2, 0) is 6.42 Å². The second-order valence-corrected chi connectivity index (χ2v) is 8.24. The van der Waals surface area contributed by atoms with Crippen LogP contribution in [0.1, 0.15) is 24.0 Å². The van der Waals surface area contributed by atoms with Crippen LogP contribution in [0.25, 0.3) is 11.0 Å². The SMILES string of the molecule is COc1cc2occ(CCCCN3CCN(c4cccc(C#N)c4)CC3)c(=O)c2cc1OC. The van der Waals surface area contributed by atoms with Gasteiger partial charge in [0.2, 0.25) is 0 Å². The molecule has 1 aliphatic rings. The summed E-state index contributed by atoms with van der Waals surface area (Å²) in [6, 6.07) is 13.4. The molecular weight excluding hydrogens is 418 g/mol. The van der Waals surface area contributed by atoms with Gasteiger partial charge in [0.05, 0.1) is 37.5 Å². The number of ether oxygens (including phenoxy) is 2. The van der Waals surface area contributed by atoms with Crippen LogP contribution in [0.4, 0.5) is 5.69 Å². The van der Waals surface area contributed by atoms with Gasteiger partial charge in [0.1, 0.15) is 5.58 Å². The Labute approximate surface area is 193 Å². The Balaban J connectivity index is 1.28. The minimum Gasteiger partial charge on any atom is -0.493 e. The van der Waals surface area contributed by atoms with Crippen LogP contribution in [0.2, 0.25) is 0 Å². The third-order valence-electron chi connectivity index (χ3n) is 6.23. The molecule has 172 valence electrons. The van der Waals surface area contributed by atoms with Crippen LogP contribution in [0.15, 0.2) is 51.9 Å². The zero-order valence-electron chi connectivity index (χ0n) is 19.2. The predicted octanol–water partition coefficient (Wildman–Crippen LogP) is 3.83. The highest BCUT2D eigenvalue weighted by molar-refractivity contribution is 5.81. The summed E-state index contributed by atoms with van der Waals surface area (Å²) in [6.45, 7) is 4.91. The summed E-state index contributed by atoms with van der Waals surface area (Å²) in [5.41, 5.74) is 3.00. The monoisotopic (exact) mass is 447 g/mol. The first-order chi connectivity index (χ1) is 16.1.